The fourth-order valence-corrected chi connectivity index (χ4v) is 2.78. The second kappa shape index (κ2) is 6.35. The number of hydrogen-bond donors (Lipinski definition) is 1. The van der Waals surface area contributed by atoms with Crippen LogP contribution in [0.15, 0.2) is 12.1 Å². The van der Waals surface area contributed by atoms with E-state index in [-0.39, 0.29) is 0 Å². The van der Waals surface area contributed by atoms with Crippen molar-refractivity contribution in [1.29, 1.82) is 0 Å². The maximum absolute atomic E-state index is 5.78. The summed E-state index contributed by atoms with van der Waals surface area (Å²) in [5, 5.41) is 0. The van der Waals surface area contributed by atoms with Crippen LogP contribution in [0.25, 0.3) is 0 Å². The summed E-state index contributed by atoms with van der Waals surface area (Å²) in [5.41, 5.74) is 11.4. The molecule has 0 aliphatic rings. The lowest BCUT2D eigenvalue weighted by Crippen LogP contribution is -2.26. The van der Waals surface area contributed by atoms with Crippen LogP contribution in [0.5, 0.6) is 0 Å². The van der Waals surface area contributed by atoms with Gasteiger partial charge in [0.05, 0.1) is 0 Å². The van der Waals surface area contributed by atoms with Crippen molar-refractivity contribution in [3.05, 3.63) is 34.4 Å². The first-order chi connectivity index (χ1) is 8.36. The van der Waals surface area contributed by atoms with Crippen molar-refractivity contribution >= 4 is 0 Å². The van der Waals surface area contributed by atoms with E-state index in [1.165, 1.54) is 22.3 Å². The molecule has 2 unspecified atom stereocenters. The molecule has 2 atom stereocenters. The molecule has 18 heavy (non-hydrogen) atoms. The first-order valence-electron chi connectivity index (χ1n) is 6.81. The second-order valence-electron chi connectivity index (χ2n) is 5.87. The first-order valence-corrected chi connectivity index (χ1v) is 6.81. The minimum atomic E-state index is 0.462. The molecule has 0 radical (unpaired) electrons. The Morgan fingerprint density at radius 3 is 2.00 bits per heavy atom. The topological polar surface area (TPSA) is 29.3 Å². The Labute approximate surface area is 112 Å². The van der Waals surface area contributed by atoms with Gasteiger partial charge in [-0.25, -0.2) is 0 Å². The van der Waals surface area contributed by atoms with Gasteiger partial charge in [0.25, 0.3) is 0 Å². The molecule has 0 aromatic heterocycles. The van der Waals surface area contributed by atoms with E-state index in [9.17, 15) is 0 Å². The number of hydrogen-bond acceptors (Lipinski definition) is 2. The van der Waals surface area contributed by atoms with E-state index in [1.54, 1.807) is 0 Å². The predicted molar refractivity (Wildman–Crippen MR) is 79.9 cm³/mol. The van der Waals surface area contributed by atoms with Gasteiger partial charge in [-0.3, -0.25) is 0 Å². The zero-order valence-electron chi connectivity index (χ0n) is 12.7. The Balaban J connectivity index is 3.14. The standard InChI is InChI=1S/C16H28N2/c1-11-7-13(3)16(14(4)8-11)15(18(5)6)9-12(2)10-17/h7-8,12,15H,9-10,17H2,1-6H3. The first kappa shape index (κ1) is 15.2. The van der Waals surface area contributed by atoms with Crippen LogP contribution in [-0.2, 0) is 0 Å². The summed E-state index contributed by atoms with van der Waals surface area (Å²) in [4.78, 5) is 2.32. The highest BCUT2D eigenvalue weighted by Gasteiger charge is 2.20. The molecule has 0 bridgehead atoms. The minimum absolute atomic E-state index is 0.462. The molecule has 0 aliphatic heterocycles. The van der Waals surface area contributed by atoms with E-state index in [4.69, 9.17) is 5.73 Å². The fraction of sp³-hybridized carbons (Fsp3) is 0.625. The average Bonchev–Trinajstić information content (AvgIpc) is 2.25. The SMILES string of the molecule is Cc1cc(C)c(C(CC(C)CN)N(C)C)c(C)c1. The number of benzene rings is 1. The molecule has 1 aromatic carbocycles. The Morgan fingerprint density at radius 1 is 1.11 bits per heavy atom. The normalized spacial score (nSPS) is 14.9. The largest absolute Gasteiger partial charge is 0.330 e. The molecule has 0 heterocycles. The highest BCUT2D eigenvalue weighted by atomic mass is 15.1. The molecule has 2 heteroatoms. The summed E-state index contributed by atoms with van der Waals surface area (Å²) in [6.07, 6.45) is 1.12. The molecule has 0 fully saturated rings. The third-order valence-electron chi connectivity index (χ3n) is 3.72. The van der Waals surface area contributed by atoms with Gasteiger partial charge in [0.2, 0.25) is 0 Å². The van der Waals surface area contributed by atoms with Crippen LogP contribution in [0.4, 0.5) is 0 Å². The number of aryl methyl sites for hydroxylation is 3. The monoisotopic (exact) mass is 248 g/mol. The molecule has 0 amide bonds. The van der Waals surface area contributed by atoms with Crippen LogP contribution in [0.3, 0.4) is 0 Å². The van der Waals surface area contributed by atoms with Gasteiger partial charge in [-0.15, -0.1) is 0 Å². The third kappa shape index (κ3) is 3.56. The summed E-state index contributed by atoms with van der Waals surface area (Å²) < 4.78 is 0. The smallest absolute Gasteiger partial charge is 0.0350 e. The summed E-state index contributed by atoms with van der Waals surface area (Å²) in [6.45, 7) is 9.60. The van der Waals surface area contributed by atoms with Crippen molar-refractivity contribution < 1.29 is 0 Å². The van der Waals surface area contributed by atoms with Crippen LogP contribution in [0.2, 0.25) is 0 Å². The molecule has 0 spiro atoms. The van der Waals surface area contributed by atoms with Gasteiger partial charge < -0.3 is 10.6 Å². The minimum Gasteiger partial charge on any atom is -0.330 e. The van der Waals surface area contributed by atoms with Crippen LogP contribution >= 0.6 is 0 Å². The van der Waals surface area contributed by atoms with E-state index < -0.39 is 0 Å². The van der Waals surface area contributed by atoms with Crippen LogP contribution in [0, 0.1) is 26.7 Å². The van der Waals surface area contributed by atoms with Crippen molar-refractivity contribution in [3.8, 4) is 0 Å². The van der Waals surface area contributed by atoms with Crippen molar-refractivity contribution in [1.82, 2.24) is 4.90 Å². The van der Waals surface area contributed by atoms with Crippen LogP contribution < -0.4 is 5.73 Å². The van der Waals surface area contributed by atoms with Gasteiger partial charge in [0.1, 0.15) is 0 Å². The van der Waals surface area contributed by atoms with E-state index in [2.05, 4.69) is 58.8 Å². The lowest BCUT2D eigenvalue weighted by molar-refractivity contribution is 0.253. The molecule has 2 nitrogen and oxygen atoms in total. The highest BCUT2D eigenvalue weighted by Crippen LogP contribution is 2.31. The zero-order valence-corrected chi connectivity index (χ0v) is 12.7. The Hall–Kier alpha value is -0.860. The van der Waals surface area contributed by atoms with E-state index in [1.807, 2.05) is 0 Å². The molecule has 0 saturated carbocycles. The lowest BCUT2D eigenvalue weighted by Gasteiger charge is -2.30. The fourth-order valence-electron chi connectivity index (χ4n) is 2.78. The molecule has 0 saturated heterocycles. The van der Waals surface area contributed by atoms with Crippen molar-refractivity contribution in [2.24, 2.45) is 11.7 Å². The highest BCUT2D eigenvalue weighted by molar-refractivity contribution is 5.39. The van der Waals surface area contributed by atoms with E-state index in [0.717, 1.165) is 13.0 Å². The van der Waals surface area contributed by atoms with E-state index in [0.29, 0.717) is 12.0 Å². The van der Waals surface area contributed by atoms with E-state index >= 15 is 0 Å². The second-order valence-corrected chi connectivity index (χ2v) is 5.87. The third-order valence-corrected chi connectivity index (χ3v) is 3.72. The maximum Gasteiger partial charge on any atom is 0.0350 e. The van der Waals surface area contributed by atoms with Gasteiger partial charge in [-0.1, -0.05) is 24.6 Å². The van der Waals surface area contributed by atoms with Gasteiger partial charge >= 0.3 is 0 Å². The van der Waals surface area contributed by atoms with Crippen LogP contribution in [-0.4, -0.2) is 25.5 Å². The van der Waals surface area contributed by atoms with Gasteiger partial charge in [-0.05, 0) is 70.4 Å². The average molecular weight is 248 g/mol. The molecular weight excluding hydrogens is 220 g/mol. The summed E-state index contributed by atoms with van der Waals surface area (Å²) >= 11 is 0. The molecule has 1 rings (SSSR count). The Bertz CT molecular complexity index is 373. The zero-order chi connectivity index (χ0) is 13.9. The lowest BCUT2D eigenvalue weighted by atomic mass is 9.88. The molecule has 1 aromatic rings. The summed E-state index contributed by atoms with van der Waals surface area (Å²) in [6, 6.07) is 5.03. The Kier molecular flexibility index (Phi) is 5.36. The predicted octanol–water partition coefficient (Wildman–Crippen LogP) is 3.20. The molecule has 2 N–H and O–H groups in total. The number of nitrogens with two attached hydrogens (primary N) is 1. The molecule has 102 valence electrons. The summed E-state index contributed by atoms with van der Waals surface area (Å²) in [7, 11) is 4.32. The van der Waals surface area contributed by atoms with Crippen molar-refractivity contribution in [2.75, 3.05) is 20.6 Å². The van der Waals surface area contributed by atoms with Gasteiger partial charge in [0, 0.05) is 6.04 Å². The summed E-state index contributed by atoms with van der Waals surface area (Å²) in [5.74, 6) is 0.553. The number of nitrogens with zero attached hydrogens (tertiary/aromatic N) is 1. The Morgan fingerprint density at radius 2 is 1.61 bits per heavy atom. The van der Waals surface area contributed by atoms with Gasteiger partial charge in [-0.2, -0.15) is 0 Å². The van der Waals surface area contributed by atoms with Crippen molar-refractivity contribution in [2.45, 2.75) is 40.2 Å². The van der Waals surface area contributed by atoms with Crippen LogP contribution in [0.1, 0.15) is 41.6 Å². The number of rotatable bonds is 5. The maximum atomic E-state index is 5.78. The quantitative estimate of drug-likeness (QED) is 0.867. The van der Waals surface area contributed by atoms with Gasteiger partial charge in [0.15, 0.2) is 0 Å². The molecular formula is C16H28N2. The molecule has 0 aliphatic carbocycles. The van der Waals surface area contributed by atoms with Crippen molar-refractivity contribution in [3.63, 3.8) is 0 Å².